The molecule has 1 saturated heterocycles. The molecular weight excluding hydrogens is 320 g/mol. The van der Waals surface area contributed by atoms with Crippen LogP contribution in [0, 0.1) is 17.2 Å². The summed E-state index contributed by atoms with van der Waals surface area (Å²) in [6.45, 7) is 1.96. The maximum atomic E-state index is 12.5. The minimum absolute atomic E-state index is 0.0137. The first-order valence-electron chi connectivity index (χ1n) is 7.39. The molecule has 124 valence electrons. The van der Waals surface area contributed by atoms with Crippen LogP contribution in [0.1, 0.15) is 29.5 Å². The molecule has 8 heteroatoms. The highest BCUT2D eigenvalue weighted by Gasteiger charge is 2.35. The standard InChI is InChI=1S/C15H18N2O5S/c1-2-3-13-11(4-7-22-13)14(18)12(10-16)15(19)17-5-8-23(20,21)9-6-17/h4,7,12H,2-3,5-6,8-9H2,1H3. The van der Waals surface area contributed by atoms with Crippen molar-refractivity contribution in [2.24, 2.45) is 5.92 Å². The first kappa shape index (κ1) is 17.2. The van der Waals surface area contributed by atoms with E-state index in [0.29, 0.717) is 12.2 Å². The number of rotatable bonds is 5. The van der Waals surface area contributed by atoms with E-state index in [1.54, 1.807) is 6.07 Å². The quantitative estimate of drug-likeness (QED) is 0.580. The molecule has 1 aliphatic rings. The molecule has 1 fully saturated rings. The van der Waals surface area contributed by atoms with Gasteiger partial charge in [0.1, 0.15) is 5.76 Å². The number of carbonyl (C=O) groups is 2. The first-order chi connectivity index (χ1) is 10.9. The average molecular weight is 338 g/mol. The van der Waals surface area contributed by atoms with Crippen molar-refractivity contribution in [2.45, 2.75) is 19.8 Å². The number of carbonyl (C=O) groups excluding carboxylic acids is 2. The Morgan fingerprint density at radius 1 is 1.39 bits per heavy atom. The second-order valence-electron chi connectivity index (χ2n) is 5.41. The van der Waals surface area contributed by atoms with Crippen LogP contribution in [0.5, 0.6) is 0 Å². The summed E-state index contributed by atoms with van der Waals surface area (Å²) in [7, 11) is -3.14. The minimum Gasteiger partial charge on any atom is -0.469 e. The topological polar surface area (TPSA) is 108 Å². The predicted molar refractivity (Wildman–Crippen MR) is 81.4 cm³/mol. The summed E-state index contributed by atoms with van der Waals surface area (Å²) in [5, 5.41) is 9.25. The van der Waals surface area contributed by atoms with E-state index in [-0.39, 0.29) is 30.2 Å². The number of aryl methyl sites for hydroxylation is 1. The van der Waals surface area contributed by atoms with Gasteiger partial charge in [-0.25, -0.2) is 8.42 Å². The van der Waals surface area contributed by atoms with Crippen molar-refractivity contribution < 1.29 is 22.4 Å². The van der Waals surface area contributed by atoms with Gasteiger partial charge in [0.05, 0.1) is 29.4 Å². The monoisotopic (exact) mass is 338 g/mol. The summed E-state index contributed by atoms with van der Waals surface area (Å²) in [4.78, 5) is 26.2. The highest BCUT2D eigenvalue weighted by molar-refractivity contribution is 7.91. The fourth-order valence-electron chi connectivity index (χ4n) is 2.48. The van der Waals surface area contributed by atoms with Gasteiger partial charge in [-0.05, 0) is 12.5 Å². The molecule has 0 spiro atoms. The number of hydrogen-bond donors (Lipinski definition) is 0. The molecule has 23 heavy (non-hydrogen) atoms. The molecule has 1 unspecified atom stereocenters. The summed E-state index contributed by atoms with van der Waals surface area (Å²) in [5.41, 5.74) is 0.247. The fourth-order valence-corrected chi connectivity index (χ4v) is 3.68. The Balaban J connectivity index is 2.16. The van der Waals surface area contributed by atoms with E-state index in [1.165, 1.54) is 17.2 Å². The Morgan fingerprint density at radius 2 is 2.04 bits per heavy atom. The summed E-state index contributed by atoms with van der Waals surface area (Å²) >= 11 is 0. The summed E-state index contributed by atoms with van der Waals surface area (Å²) in [5.74, 6) is -2.52. The van der Waals surface area contributed by atoms with Crippen molar-refractivity contribution in [2.75, 3.05) is 24.6 Å². The third-order valence-corrected chi connectivity index (χ3v) is 5.39. The maximum absolute atomic E-state index is 12.5. The van der Waals surface area contributed by atoms with Crippen LogP contribution in [0.3, 0.4) is 0 Å². The first-order valence-corrected chi connectivity index (χ1v) is 9.21. The van der Waals surface area contributed by atoms with E-state index in [1.807, 2.05) is 6.92 Å². The Morgan fingerprint density at radius 3 is 2.61 bits per heavy atom. The van der Waals surface area contributed by atoms with Gasteiger partial charge in [-0.15, -0.1) is 0 Å². The molecule has 0 N–H and O–H groups in total. The van der Waals surface area contributed by atoms with E-state index < -0.39 is 27.4 Å². The third-order valence-electron chi connectivity index (χ3n) is 3.78. The van der Waals surface area contributed by atoms with Gasteiger partial charge in [0.25, 0.3) is 0 Å². The molecule has 1 aromatic heterocycles. The Labute approximate surface area is 134 Å². The van der Waals surface area contributed by atoms with Gasteiger partial charge in [-0.3, -0.25) is 9.59 Å². The summed E-state index contributed by atoms with van der Waals surface area (Å²) < 4.78 is 28.1. The highest BCUT2D eigenvalue weighted by atomic mass is 32.2. The second-order valence-corrected chi connectivity index (χ2v) is 7.71. The number of ketones is 1. The van der Waals surface area contributed by atoms with Crippen LogP contribution in [0.4, 0.5) is 0 Å². The maximum Gasteiger partial charge on any atom is 0.248 e. The van der Waals surface area contributed by atoms with Crippen LogP contribution in [-0.4, -0.2) is 49.6 Å². The molecule has 0 radical (unpaired) electrons. The van der Waals surface area contributed by atoms with Gasteiger partial charge in [-0.2, -0.15) is 5.26 Å². The van der Waals surface area contributed by atoms with Gasteiger partial charge in [0, 0.05) is 19.5 Å². The lowest BCUT2D eigenvalue weighted by Crippen LogP contribution is -2.47. The molecule has 7 nitrogen and oxygen atoms in total. The zero-order valence-corrected chi connectivity index (χ0v) is 13.6. The van der Waals surface area contributed by atoms with Crippen LogP contribution in [0.2, 0.25) is 0 Å². The Hall–Kier alpha value is -2.14. The van der Waals surface area contributed by atoms with E-state index in [4.69, 9.17) is 4.42 Å². The second kappa shape index (κ2) is 6.96. The van der Waals surface area contributed by atoms with Gasteiger partial charge >= 0.3 is 0 Å². The molecule has 2 heterocycles. The lowest BCUT2D eigenvalue weighted by molar-refractivity contribution is -0.132. The minimum atomic E-state index is -3.14. The normalized spacial score (nSPS) is 18.2. The van der Waals surface area contributed by atoms with Crippen LogP contribution < -0.4 is 0 Å². The highest BCUT2D eigenvalue weighted by Crippen LogP contribution is 2.19. The van der Waals surface area contributed by atoms with Crippen molar-refractivity contribution in [1.29, 1.82) is 5.26 Å². The van der Waals surface area contributed by atoms with E-state index >= 15 is 0 Å². The van der Waals surface area contributed by atoms with Crippen molar-refractivity contribution in [3.8, 4) is 6.07 Å². The van der Waals surface area contributed by atoms with Crippen LogP contribution in [-0.2, 0) is 21.1 Å². The van der Waals surface area contributed by atoms with Gasteiger partial charge in [0.15, 0.2) is 21.5 Å². The molecule has 0 aliphatic carbocycles. The van der Waals surface area contributed by atoms with Crippen molar-refractivity contribution in [3.05, 3.63) is 23.7 Å². The molecule has 1 atom stereocenters. The molecule has 0 saturated carbocycles. The van der Waals surface area contributed by atoms with Crippen LogP contribution >= 0.6 is 0 Å². The number of hydrogen-bond acceptors (Lipinski definition) is 6. The Kier molecular flexibility index (Phi) is 5.21. The van der Waals surface area contributed by atoms with E-state index in [9.17, 15) is 23.3 Å². The summed E-state index contributed by atoms with van der Waals surface area (Å²) in [6.07, 6.45) is 2.68. The van der Waals surface area contributed by atoms with Gasteiger partial charge in [0.2, 0.25) is 5.91 Å². The zero-order chi connectivity index (χ0) is 17.0. The zero-order valence-electron chi connectivity index (χ0n) is 12.8. The van der Waals surface area contributed by atoms with E-state index in [2.05, 4.69) is 0 Å². The summed E-state index contributed by atoms with van der Waals surface area (Å²) in [6, 6.07) is 3.21. The van der Waals surface area contributed by atoms with Crippen molar-refractivity contribution >= 4 is 21.5 Å². The van der Waals surface area contributed by atoms with Crippen LogP contribution in [0.25, 0.3) is 0 Å². The molecule has 1 aliphatic heterocycles. The number of furan rings is 1. The molecule has 0 aromatic carbocycles. The molecule has 2 rings (SSSR count). The Bertz CT molecular complexity index is 730. The van der Waals surface area contributed by atoms with E-state index in [0.717, 1.165) is 6.42 Å². The number of nitrogens with zero attached hydrogens (tertiary/aromatic N) is 2. The molecular formula is C15H18N2O5S. The number of nitriles is 1. The smallest absolute Gasteiger partial charge is 0.248 e. The van der Waals surface area contributed by atoms with Crippen molar-refractivity contribution in [3.63, 3.8) is 0 Å². The fraction of sp³-hybridized carbons (Fsp3) is 0.533. The number of Topliss-reactive ketones (excluding diaryl/α,β-unsaturated/α-hetero) is 1. The van der Waals surface area contributed by atoms with Gasteiger partial charge in [-0.1, -0.05) is 6.92 Å². The SMILES string of the molecule is CCCc1occc1C(=O)C(C#N)C(=O)N1CCS(=O)(=O)CC1. The van der Waals surface area contributed by atoms with Crippen molar-refractivity contribution in [1.82, 2.24) is 4.90 Å². The molecule has 0 bridgehead atoms. The third kappa shape index (κ3) is 3.79. The average Bonchev–Trinajstić information content (AvgIpc) is 2.96. The molecule has 1 amide bonds. The van der Waals surface area contributed by atoms with Gasteiger partial charge < -0.3 is 9.32 Å². The predicted octanol–water partition coefficient (Wildman–Crippen LogP) is 0.812. The largest absolute Gasteiger partial charge is 0.469 e. The lowest BCUT2D eigenvalue weighted by atomic mass is 9.96. The number of sulfone groups is 1. The van der Waals surface area contributed by atoms with Crippen LogP contribution in [0.15, 0.2) is 16.7 Å². The number of amides is 1. The molecule has 1 aromatic rings. The lowest BCUT2D eigenvalue weighted by Gasteiger charge is -2.27.